The Bertz CT molecular complexity index is 1440. The van der Waals surface area contributed by atoms with Crippen LogP contribution in [0.5, 0.6) is 0 Å². The molecule has 4 rings (SSSR count). The van der Waals surface area contributed by atoms with E-state index in [1.54, 1.807) is 39.8 Å². The van der Waals surface area contributed by atoms with Crippen LogP contribution < -0.4 is 0 Å². The predicted octanol–water partition coefficient (Wildman–Crippen LogP) is 3.32. The van der Waals surface area contributed by atoms with Crippen LogP contribution in [-0.4, -0.2) is 82.8 Å². The van der Waals surface area contributed by atoms with Crippen LogP contribution in [0.3, 0.4) is 0 Å². The van der Waals surface area contributed by atoms with Crippen LogP contribution in [0.15, 0.2) is 36.7 Å². The predicted molar refractivity (Wildman–Crippen MR) is 162 cm³/mol. The van der Waals surface area contributed by atoms with Crippen molar-refractivity contribution in [2.75, 3.05) is 0 Å². The minimum absolute atomic E-state index is 0.00991. The number of epoxide rings is 1. The van der Waals surface area contributed by atoms with Crippen molar-refractivity contribution in [3.05, 3.63) is 42.2 Å². The van der Waals surface area contributed by atoms with Gasteiger partial charge in [0.15, 0.2) is 11.4 Å². The van der Waals surface area contributed by atoms with E-state index in [2.05, 4.69) is 11.6 Å². The Balaban J connectivity index is 1.93. The van der Waals surface area contributed by atoms with Gasteiger partial charge in [-0.2, -0.15) is 0 Å². The summed E-state index contributed by atoms with van der Waals surface area (Å²) in [6.45, 7) is 15.8. The van der Waals surface area contributed by atoms with Crippen LogP contribution in [0.4, 0.5) is 0 Å². The first-order valence-corrected chi connectivity index (χ1v) is 15.6. The molecule has 2 heterocycles. The fourth-order valence-corrected chi connectivity index (χ4v) is 7.25. The Hall–Kier alpha value is -4.13. The molecule has 3 fully saturated rings. The van der Waals surface area contributed by atoms with Crippen LogP contribution in [0.25, 0.3) is 0 Å². The van der Waals surface area contributed by atoms with Gasteiger partial charge in [-0.05, 0) is 18.1 Å². The number of hydrogen-bond acceptors (Lipinski definition) is 13. The number of carbonyl (C=O) groups excluding carboxylic acids is 6. The van der Waals surface area contributed by atoms with Crippen molar-refractivity contribution in [3.63, 3.8) is 0 Å². The van der Waals surface area contributed by atoms with E-state index in [0.717, 1.165) is 13.8 Å². The molecule has 1 saturated heterocycles. The zero-order chi connectivity index (χ0) is 35.0. The van der Waals surface area contributed by atoms with Gasteiger partial charge in [0, 0.05) is 69.8 Å². The van der Waals surface area contributed by atoms with E-state index >= 15 is 0 Å². The fourth-order valence-electron chi connectivity index (χ4n) is 7.25. The Morgan fingerprint density at radius 3 is 2.13 bits per heavy atom. The second kappa shape index (κ2) is 13.5. The quantitative estimate of drug-likeness (QED) is 0.189. The third-order valence-electron chi connectivity index (χ3n) is 9.40. The molecule has 10 atom stereocenters. The van der Waals surface area contributed by atoms with Gasteiger partial charge in [-0.1, -0.05) is 34.3 Å². The summed E-state index contributed by atoms with van der Waals surface area (Å²) in [4.78, 5) is 82.4. The van der Waals surface area contributed by atoms with Gasteiger partial charge < -0.3 is 28.4 Å². The number of ether oxygens (including phenoxy) is 6. The summed E-state index contributed by atoms with van der Waals surface area (Å²) in [5.74, 6) is -6.87. The summed E-state index contributed by atoms with van der Waals surface area (Å²) in [5, 5.41) is 0. The number of nitrogens with zero attached hydrogens (tertiary/aromatic N) is 1. The molecule has 1 aromatic rings. The van der Waals surface area contributed by atoms with Gasteiger partial charge in [-0.25, -0.2) is 4.79 Å². The molecule has 2 saturated carbocycles. The Kier molecular flexibility index (Phi) is 10.3. The molecule has 13 nitrogen and oxygen atoms in total. The van der Waals surface area contributed by atoms with Crippen molar-refractivity contribution in [1.29, 1.82) is 0 Å². The second-order valence-corrected chi connectivity index (χ2v) is 13.3. The lowest BCUT2D eigenvalue weighted by molar-refractivity contribution is -0.186. The van der Waals surface area contributed by atoms with Crippen LogP contribution >= 0.6 is 0 Å². The molecule has 0 bridgehead atoms. The number of rotatable bonds is 6. The third kappa shape index (κ3) is 7.24. The number of hydrogen-bond donors (Lipinski definition) is 0. The highest BCUT2D eigenvalue weighted by molar-refractivity contribution is 5.93. The van der Waals surface area contributed by atoms with Crippen molar-refractivity contribution in [3.8, 4) is 0 Å². The summed E-state index contributed by atoms with van der Waals surface area (Å²) in [7, 11) is 0. The van der Waals surface area contributed by atoms with Crippen LogP contribution in [-0.2, 0) is 52.4 Å². The first-order chi connectivity index (χ1) is 21.9. The summed E-state index contributed by atoms with van der Waals surface area (Å²) in [6, 6.07) is 3.12. The third-order valence-corrected chi connectivity index (χ3v) is 9.40. The number of aromatic nitrogens is 1. The molecular formula is C34H43NO12. The van der Waals surface area contributed by atoms with Crippen molar-refractivity contribution in [1.82, 2.24) is 4.98 Å². The molecule has 1 aromatic heterocycles. The molecule has 0 radical (unpaired) electrons. The van der Waals surface area contributed by atoms with Crippen LogP contribution in [0.2, 0.25) is 0 Å². The minimum atomic E-state index is -1.94. The molecule has 0 aromatic carbocycles. The highest BCUT2D eigenvalue weighted by Gasteiger charge is 2.68. The maximum Gasteiger partial charge on any atom is 0.339 e. The van der Waals surface area contributed by atoms with Gasteiger partial charge >= 0.3 is 29.8 Å². The zero-order valence-electron chi connectivity index (χ0n) is 28.0. The molecule has 0 N–H and O–H groups in total. The summed E-state index contributed by atoms with van der Waals surface area (Å²) >= 11 is 0. The van der Waals surface area contributed by atoms with Gasteiger partial charge in [-0.15, -0.1) is 0 Å². The Morgan fingerprint density at radius 2 is 1.57 bits per heavy atom. The van der Waals surface area contributed by atoms with Crippen molar-refractivity contribution < 1.29 is 57.2 Å². The average Bonchev–Trinajstić information content (AvgIpc) is 3.74. The average molecular weight is 658 g/mol. The van der Waals surface area contributed by atoms with E-state index in [1.165, 1.54) is 26.2 Å². The zero-order valence-corrected chi connectivity index (χ0v) is 28.0. The number of fused-ring (bicyclic) bond motifs is 2. The number of pyridine rings is 1. The molecule has 0 spiro atoms. The SMILES string of the molecule is C=C1[C@@H](OC(C)=O)C[C@H](OC(=O)c2cccnc2)C(C)(C)[C@H]2O[C@@H]2[C@H](C)C(=O)[C@@]2(OC(C)=O)C[C@H](C)[C@@H](OC(C)=O)[C@@H]2[C@H]1OC(C)=O. The Morgan fingerprint density at radius 1 is 0.936 bits per heavy atom. The standard InChI is InChI=1S/C34H43NO12/c1-16-14-34(47-22(7)39)26(27(16)43-20(5)37)28(44-21(6)38)17(2)24(42-19(4)36)13-25(45-32(41)23-11-10-12-35-15-23)33(8,9)31-29(46-31)18(3)30(34)40/h10-12,15-16,18,24-29,31H,2,13-14H2,1,3-9H3/t16-,18-,24-,25-,26+,27+,28-,29+,31-,34+/m0/s1. The van der Waals surface area contributed by atoms with Gasteiger partial charge in [0.2, 0.25) is 0 Å². The first-order valence-electron chi connectivity index (χ1n) is 15.6. The smallest absolute Gasteiger partial charge is 0.339 e. The van der Waals surface area contributed by atoms with Crippen molar-refractivity contribution in [2.45, 2.75) is 110 Å². The first kappa shape index (κ1) is 35.7. The topological polar surface area (TPSA) is 174 Å². The number of carbonyl (C=O) groups is 6. The normalized spacial score (nSPS) is 34.7. The van der Waals surface area contributed by atoms with Gasteiger partial charge in [0.1, 0.15) is 24.4 Å². The number of Topliss-reactive ketones (excluding diaryl/α,β-unsaturated/α-hetero) is 1. The molecule has 2 aliphatic carbocycles. The Labute approximate surface area is 273 Å². The lowest BCUT2D eigenvalue weighted by atomic mass is 9.70. The maximum absolute atomic E-state index is 14.7. The van der Waals surface area contributed by atoms with E-state index in [0.29, 0.717) is 0 Å². The van der Waals surface area contributed by atoms with E-state index in [9.17, 15) is 28.8 Å². The molecular weight excluding hydrogens is 614 g/mol. The molecule has 0 amide bonds. The highest BCUT2D eigenvalue weighted by Crippen LogP contribution is 2.54. The minimum Gasteiger partial charge on any atom is -0.462 e. The summed E-state index contributed by atoms with van der Waals surface area (Å²) in [6.07, 6.45) is -3.44. The molecule has 256 valence electrons. The maximum atomic E-state index is 14.7. The molecule has 13 heteroatoms. The summed E-state index contributed by atoms with van der Waals surface area (Å²) < 4.78 is 35.5. The molecule has 3 aliphatic rings. The monoisotopic (exact) mass is 657 g/mol. The summed E-state index contributed by atoms with van der Waals surface area (Å²) in [5.41, 5.74) is -2.72. The van der Waals surface area contributed by atoms with Crippen LogP contribution in [0, 0.1) is 23.2 Å². The second-order valence-electron chi connectivity index (χ2n) is 13.3. The van der Waals surface area contributed by atoms with E-state index < -0.39 is 101 Å². The van der Waals surface area contributed by atoms with Gasteiger partial charge in [0.25, 0.3) is 0 Å². The largest absolute Gasteiger partial charge is 0.462 e. The van der Waals surface area contributed by atoms with Crippen LogP contribution in [0.1, 0.15) is 78.6 Å². The van der Waals surface area contributed by atoms with E-state index in [4.69, 9.17) is 28.4 Å². The lowest BCUT2D eigenvalue weighted by Gasteiger charge is -2.43. The number of ketones is 1. The lowest BCUT2D eigenvalue weighted by Crippen LogP contribution is -2.58. The van der Waals surface area contributed by atoms with Crippen molar-refractivity contribution >= 4 is 35.6 Å². The number of esters is 5. The highest BCUT2D eigenvalue weighted by atomic mass is 16.6. The van der Waals surface area contributed by atoms with Crippen molar-refractivity contribution in [2.24, 2.45) is 23.2 Å². The van der Waals surface area contributed by atoms with E-state index in [-0.39, 0.29) is 24.0 Å². The van der Waals surface area contributed by atoms with E-state index in [1.807, 2.05) is 0 Å². The molecule has 1 aliphatic heterocycles. The molecule has 0 unspecified atom stereocenters. The van der Waals surface area contributed by atoms with Gasteiger partial charge in [-0.3, -0.25) is 29.0 Å². The fraction of sp³-hybridized carbons (Fsp3) is 0.618. The molecule has 47 heavy (non-hydrogen) atoms. The van der Waals surface area contributed by atoms with Gasteiger partial charge in [0.05, 0.1) is 23.7 Å².